The lowest BCUT2D eigenvalue weighted by atomic mass is 10.1. The third-order valence-corrected chi connectivity index (χ3v) is 2.04. The molecule has 1 heterocycles. The predicted molar refractivity (Wildman–Crippen MR) is 53.6 cm³/mol. The van der Waals surface area contributed by atoms with Crippen LogP contribution in [-0.2, 0) is 12.0 Å². The van der Waals surface area contributed by atoms with Gasteiger partial charge in [0.1, 0.15) is 0 Å². The van der Waals surface area contributed by atoms with Gasteiger partial charge in [0.2, 0.25) is 0 Å². The zero-order valence-electron chi connectivity index (χ0n) is 9.04. The second-order valence-electron chi connectivity index (χ2n) is 4.41. The number of aromatic nitrogens is 3. The Kier molecular flexibility index (Phi) is 3.07. The molecule has 0 saturated heterocycles. The highest BCUT2D eigenvalue weighted by molar-refractivity contribution is 4.97. The molecule has 3 heteroatoms. The molecule has 0 radical (unpaired) electrons. The second-order valence-corrected chi connectivity index (χ2v) is 4.41. The summed E-state index contributed by atoms with van der Waals surface area (Å²) in [5.41, 5.74) is 1.30. The van der Waals surface area contributed by atoms with Gasteiger partial charge >= 0.3 is 0 Å². The lowest BCUT2D eigenvalue weighted by molar-refractivity contribution is 0.334. The predicted octanol–water partition coefficient (Wildman–Crippen LogP) is 2.38. The van der Waals surface area contributed by atoms with Crippen LogP contribution in [-0.4, -0.2) is 15.0 Å². The zero-order valence-corrected chi connectivity index (χ0v) is 9.04. The molecule has 0 aliphatic carbocycles. The molecule has 0 bridgehead atoms. The molecule has 0 aromatic carbocycles. The van der Waals surface area contributed by atoms with Crippen LogP contribution in [0.2, 0.25) is 0 Å². The number of rotatable bonds is 3. The summed E-state index contributed by atoms with van der Waals surface area (Å²) in [6.45, 7) is 8.65. The summed E-state index contributed by atoms with van der Waals surface area (Å²) >= 11 is 0. The lowest BCUT2D eigenvalue weighted by Gasteiger charge is -2.21. The maximum Gasteiger partial charge on any atom is 0.0725 e. The minimum Gasteiger partial charge on any atom is -0.244 e. The molecule has 0 amide bonds. The molecule has 74 valence electrons. The smallest absolute Gasteiger partial charge is 0.0725 e. The first-order valence-electron chi connectivity index (χ1n) is 4.95. The van der Waals surface area contributed by atoms with Crippen LogP contribution in [0.3, 0.4) is 0 Å². The standard InChI is InChI=1S/C10H19N3/c1-5-6-7-9-8-11-12-13(9)10(2,3)4/h8H,5-7H2,1-4H3. The Morgan fingerprint density at radius 3 is 2.62 bits per heavy atom. The molecule has 0 unspecified atom stereocenters. The number of unbranched alkanes of at least 4 members (excludes halogenated alkanes) is 1. The molecule has 13 heavy (non-hydrogen) atoms. The Balaban J connectivity index is 2.77. The number of hydrogen-bond donors (Lipinski definition) is 0. The van der Waals surface area contributed by atoms with Crippen molar-refractivity contribution >= 4 is 0 Å². The number of aryl methyl sites for hydroxylation is 1. The van der Waals surface area contributed by atoms with Gasteiger partial charge < -0.3 is 0 Å². The van der Waals surface area contributed by atoms with E-state index in [1.807, 2.05) is 10.9 Å². The summed E-state index contributed by atoms with van der Waals surface area (Å²) in [7, 11) is 0. The highest BCUT2D eigenvalue weighted by atomic mass is 15.4. The maximum atomic E-state index is 4.11. The molecular formula is C10H19N3. The first-order chi connectivity index (χ1) is 6.05. The van der Waals surface area contributed by atoms with Crippen molar-refractivity contribution in [1.82, 2.24) is 15.0 Å². The normalized spacial score (nSPS) is 12.0. The Hall–Kier alpha value is -0.860. The van der Waals surface area contributed by atoms with E-state index in [2.05, 4.69) is 38.0 Å². The average molecular weight is 181 g/mol. The first kappa shape index (κ1) is 10.2. The molecule has 0 atom stereocenters. The highest BCUT2D eigenvalue weighted by Crippen LogP contribution is 2.15. The molecule has 0 fully saturated rings. The van der Waals surface area contributed by atoms with Crippen molar-refractivity contribution in [3.05, 3.63) is 11.9 Å². The highest BCUT2D eigenvalue weighted by Gasteiger charge is 2.17. The average Bonchev–Trinajstić information content (AvgIpc) is 2.47. The molecule has 0 N–H and O–H groups in total. The summed E-state index contributed by atoms with van der Waals surface area (Å²) in [5.74, 6) is 0. The van der Waals surface area contributed by atoms with Gasteiger partial charge in [0.15, 0.2) is 0 Å². The Morgan fingerprint density at radius 2 is 2.08 bits per heavy atom. The fourth-order valence-electron chi connectivity index (χ4n) is 1.35. The van der Waals surface area contributed by atoms with Gasteiger partial charge in [-0.05, 0) is 33.6 Å². The van der Waals surface area contributed by atoms with E-state index >= 15 is 0 Å². The van der Waals surface area contributed by atoms with Crippen LogP contribution in [0.15, 0.2) is 6.20 Å². The van der Waals surface area contributed by atoms with Crippen LogP contribution >= 0.6 is 0 Å². The molecule has 1 rings (SSSR count). The van der Waals surface area contributed by atoms with Crippen LogP contribution in [0.4, 0.5) is 0 Å². The third-order valence-electron chi connectivity index (χ3n) is 2.04. The molecule has 0 spiro atoms. The van der Waals surface area contributed by atoms with Gasteiger partial charge in [-0.2, -0.15) is 0 Å². The largest absolute Gasteiger partial charge is 0.244 e. The van der Waals surface area contributed by atoms with E-state index in [9.17, 15) is 0 Å². The molecule has 0 aliphatic heterocycles. The van der Waals surface area contributed by atoms with Crippen LogP contribution in [0.1, 0.15) is 46.2 Å². The van der Waals surface area contributed by atoms with Crippen molar-refractivity contribution in [2.24, 2.45) is 0 Å². The van der Waals surface area contributed by atoms with Gasteiger partial charge in [-0.25, -0.2) is 4.68 Å². The summed E-state index contributed by atoms with van der Waals surface area (Å²) in [4.78, 5) is 0. The Bertz CT molecular complexity index is 257. The van der Waals surface area contributed by atoms with Gasteiger partial charge in [0.25, 0.3) is 0 Å². The first-order valence-corrected chi connectivity index (χ1v) is 4.95. The van der Waals surface area contributed by atoms with Gasteiger partial charge in [0.05, 0.1) is 17.4 Å². The van der Waals surface area contributed by atoms with Crippen LogP contribution < -0.4 is 0 Å². The van der Waals surface area contributed by atoms with E-state index < -0.39 is 0 Å². The van der Waals surface area contributed by atoms with E-state index in [0.29, 0.717) is 0 Å². The van der Waals surface area contributed by atoms with E-state index in [1.165, 1.54) is 18.5 Å². The van der Waals surface area contributed by atoms with Gasteiger partial charge in [-0.1, -0.05) is 18.6 Å². The van der Waals surface area contributed by atoms with Crippen molar-refractivity contribution < 1.29 is 0 Å². The van der Waals surface area contributed by atoms with Gasteiger partial charge in [0, 0.05) is 0 Å². The zero-order chi connectivity index (χ0) is 9.90. The summed E-state index contributed by atoms with van der Waals surface area (Å²) in [5, 5.41) is 8.06. The maximum absolute atomic E-state index is 4.11. The van der Waals surface area contributed by atoms with Crippen LogP contribution in [0, 0.1) is 0 Å². The van der Waals surface area contributed by atoms with Crippen molar-refractivity contribution in [3.8, 4) is 0 Å². The number of nitrogens with zero attached hydrogens (tertiary/aromatic N) is 3. The minimum absolute atomic E-state index is 0.0551. The number of hydrogen-bond acceptors (Lipinski definition) is 2. The molecule has 3 nitrogen and oxygen atoms in total. The van der Waals surface area contributed by atoms with Gasteiger partial charge in [-0.15, -0.1) is 5.10 Å². The molecule has 1 aromatic heterocycles. The quantitative estimate of drug-likeness (QED) is 0.716. The van der Waals surface area contributed by atoms with Crippen molar-refractivity contribution in [2.45, 2.75) is 52.5 Å². The van der Waals surface area contributed by atoms with Crippen molar-refractivity contribution in [3.63, 3.8) is 0 Å². The fourth-order valence-corrected chi connectivity index (χ4v) is 1.35. The molecule has 0 aliphatic rings. The minimum atomic E-state index is 0.0551. The fraction of sp³-hybridized carbons (Fsp3) is 0.800. The summed E-state index contributed by atoms with van der Waals surface area (Å²) in [6, 6.07) is 0. The molecule has 0 saturated carbocycles. The van der Waals surface area contributed by atoms with Crippen LogP contribution in [0.25, 0.3) is 0 Å². The second kappa shape index (κ2) is 3.90. The van der Waals surface area contributed by atoms with E-state index in [4.69, 9.17) is 0 Å². The SMILES string of the molecule is CCCCc1cnnn1C(C)(C)C. The van der Waals surface area contributed by atoms with Gasteiger partial charge in [-0.3, -0.25) is 0 Å². The van der Waals surface area contributed by atoms with E-state index in [1.54, 1.807) is 0 Å². The monoisotopic (exact) mass is 181 g/mol. The third kappa shape index (κ3) is 2.54. The van der Waals surface area contributed by atoms with Crippen LogP contribution in [0.5, 0.6) is 0 Å². The summed E-state index contributed by atoms with van der Waals surface area (Å²) in [6.07, 6.45) is 5.39. The van der Waals surface area contributed by atoms with Crippen molar-refractivity contribution in [1.29, 1.82) is 0 Å². The lowest BCUT2D eigenvalue weighted by Crippen LogP contribution is -2.25. The van der Waals surface area contributed by atoms with Crippen molar-refractivity contribution in [2.75, 3.05) is 0 Å². The van der Waals surface area contributed by atoms with E-state index in [-0.39, 0.29) is 5.54 Å². The molecular weight excluding hydrogens is 162 g/mol. The topological polar surface area (TPSA) is 30.7 Å². The van der Waals surface area contributed by atoms with E-state index in [0.717, 1.165) is 6.42 Å². The Labute approximate surface area is 80.1 Å². The molecule has 1 aromatic rings. The summed E-state index contributed by atoms with van der Waals surface area (Å²) < 4.78 is 2.02. The Morgan fingerprint density at radius 1 is 1.38 bits per heavy atom.